The molecule has 1 saturated carbocycles. The van der Waals surface area contributed by atoms with E-state index in [0.29, 0.717) is 11.5 Å². The third-order valence-corrected chi connectivity index (χ3v) is 4.13. The predicted molar refractivity (Wildman–Crippen MR) is 59.4 cm³/mol. The SMILES string of the molecule is CC1(C)CC1NC(=O)C1CSCCN1. The lowest BCUT2D eigenvalue weighted by Crippen LogP contribution is -2.49. The highest BCUT2D eigenvalue weighted by atomic mass is 32.2. The highest BCUT2D eigenvalue weighted by Crippen LogP contribution is 2.44. The maximum absolute atomic E-state index is 11.7. The Kier molecular flexibility index (Phi) is 2.75. The lowest BCUT2D eigenvalue weighted by Gasteiger charge is -2.22. The van der Waals surface area contributed by atoms with Gasteiger partial charge in [0.15, 0.2) is 0 Å². The number of thioether (sulfide) groups is 1. The Bertz CT molecular complexity index is 236. The van der Waals surface area contributed by atoms with Crippen molar-refractivity contribution in [1.82, 2.24) is 10.6 Å². The van der Waals surface area contributed by atoms with Gasteiger partial charge in [-0.05, 0) is 11.8 Å². The van der Waals surface area contributed by atoms with Gasteiger partial charge in [-0.15, -0.1) is 0 Å². The number of amides is 1. The average molecular weight is 214 g/mol. The summed E-state index contributed by atoms with van der Waals surface area (Å²) in [6.45, 7) is 5.35. The van der Waals surface area contributed by atoms with Crippen LogP contribution in [0.5, 0.6) is 0 Å². The van der Waals surface area contributed by atoms with E-state index in [-0.39, 0.29) is 11.9 Å². The maximum atomic E-state index is 11.7. The van der Waals surface area contributed by atoms with E-state index in [1.165, 1.54) is 0 Å². The number of nitrogens with one attached hydrogen (secondary N) is 2. The molecule has 0 spiro atoms. The number of carbonyl (C=O) groups excluding carboxylic acids is 1. The zero-order valence-corrected chi connectivity index (χ0v) is 9.62. The fraction of sp³-hybridized carbons (Fsp3) is 0.900. The summed E-state index contributed by atoms with van der Waals surface area (Å²) in [7, 11) is 0. The van der Waals surface area contributed by atoms with Crippen molar-refractivity contribution in [3.63, 3.8) is 0 Å². The molecule has 2 N–H and O–H groups in total. The van der Waals surface area contributed by atoms with E-state index in [4.69, 9.17) is 0 Å². The first-order valence-corrected chi connectivity index (χ1v) is 6.36. The van der Waals surface area contributed by atoms with E-state index >= 15 is 0 Å². The van der Waals surface area contributed by atoms with E-state index in [9.17, 15) is 4.79 Å². The summed E-state index contributed by atoms with van der Waals surface area (Å²) in [5, 5.41) is 6.35. The molecule has 0 aromatic rings. The lowest BCUT2D eigenvalue weighted by atomic mass is 10.2. The molecular formula is C10H18N2OS. The van der Waals surface area contributed by atoms with Crippen molar-refractivity contribution in [3.05, 3.63) is 0 Å². The van der Waals surface area contributed by atoms with Crippen molar-refractivity contribution in [2.45, 2.75) is 32.4 Å². The molecule has 0 aromatic carbocycles. The first-order valence-electron chi connectivity index (χ1n) is 5.21. The summed E-state index contributed by atoms with van der Waals surface area (Å²) in [5.74, 6) is 2.23. The monoisotopic (exact) mass is 214 g/mol. The van der Waals surface area contributed by atoms with Crippen molar-refractivity contribution >= 4 is 17.7 Å². The zero-order chi connectivity index (χ0) is 10.2. The van der Waals surface area contributed by atoms with Crippen molar-refractivity contribution < 1.29 is 4.79 Å². The van der Waals surface area contributed by atoms with E-state index in [1.807, 2.05) is 11.8 Å². The van der Waals surface area contributed by atoms with Crippen molar-refractivity contribution in [1.29, 1.82) is 0 Å². The molecule has 2 rings (SSSR count). The molecule has 2 unspecified atom stereocenters. The predicted octanol–water partition coefficient (Wildman–Crippen LogP) is 0.606. The second kappa shape index (κ2) is 3.74. The maximum Gasteiger partial charge on any atom is 0.238 e. The largest absolute Gasteiger partial charge is 0.351 e. The molecule has 1 heterocycles. The van der Waals surface area contributed by atoms with Crippen LogP contribution in [0.2, 0.25) is 0 Å². The van der Waals surface area contributed by atoms with Crippen LogP contribution in [0.15, 0.2) is 0 Å². The molecule has 3 nitrogen and oxygen atoms in total. The lowest BCUT2D eigenvalue weighted by molar-refractivity contribution is -0.122. The van der Waals surface area contributed by atoms with E-state index in [1.54, 1.807) is 0 Å². The molecule has 1 saturated heterocycles. The van der Waals surface area contributed by atoms with Gasteiger partial charge in [-0.1, -0.05) is 13.8 Å². The molecule has 1 aliphatic carbocycles. The molecule has 4 heteroatoms. The van der Waals surface area contributed by atoms with Gasteiger partial charge in [0.1, 0.15) is 0 Å². The number of hydrogen-bond acceptors (Lipinski definition) is 3. The molecule has 14 heavy (non-hydrogen) atoms. The molecule has 2 aliphatic rings. The molecule has 0 radical (unpaired) electrons. The summed E-state index contributed by atoms with van der Waals surface area (Å²) in [5.41, 5.74) is 0.331. The molecule has 2 atom stereocenters. The third kappa shape index (κ3) is 2.23. The molecule has 80 valence electrons. The summed E-state index contributed by atoms with van der Waals surface area (Å²) >= 11 is 1.86. The molecule has 0 bridgehead atoms. The van der Waals surface area contributed by atoms with Crippen LogP contribution in [-0.4, -0.2) is 36.0 Å². The van der Waals surface area contributed by atoms with Gasteiger partial charge < -0.3 is 10.6 Å². The van der Waals surface area contributed by atoms with Crippen molar-refractivity contribution in [2.75, 3.05) is 18.1 Å². The number of carbonyl (C=O) groups is 1. The van der Waals surface area contributed by atoms with Crippen LogP contribution >= 0.6 is 11.8 Å². The van der Waals surface area contributed by atoms with Gasteiger partial charge in [-0.3, -0.25) is 4.79 Å². The Morgan fingerprint density at radius 1 is 1.57 bits per heavy atom. The summed E-state index contributed by atoms with van der Waals surface area (Å²) in [6, 6.07) is 0.439. The Balaban J connectivity index is 1.78. The van der Waals surface area contributed by atoms with Gasteiger partial charge >= 0.3 is 0 Å². The van der Waals surface area contributed by atoms with Crippen LogP contribution in [0, 0.1) is 5.41 Å². The second-order valence-electron chi connectivity index (χ2n) is 4.84. The summed E-state index contributed by atoms with van der Waals surface area (Å²) < 4.78 is 0. The Labute approximate surface area is 89.4 Å². The Morgan fingerprint density at radius 3 is 2.79 bits per heavy atom. The highest BCUT2D eigenvalue weighted by Gasteiger charge is 2.47. The molecule has 2 fully saturated rings. The summed E-state index contributed by atoms with van der Waals surface area (Å²) in [4.78, 5) is 11.7. The van der Waals surface area contributed by atoms with E-state index in [0.717, 1.165) is 24.5 Å². The second-order valence-corrected chi connectivity index (χ2v) is 5.99. The number of hydrogen-bond donors (Lipinski definition) is 2. The minimum absolute atomic E-state index is 0.0325. The highest BCUT2D eigenvalue weighted by molar-refractivity contribution is 7.99. The van der Waals surface area contributed by atoms with Crippen LogP contribution in [0.4, 0.5) is 0 Å². The minimum Gasteiger partial charge on any atom is -0.351 e. The van der Waals surface area contributed by atoms with Crippen LogP contribution < -0.4 is 10.6 Å². The van der Waals surface area contributed by atoms with E-state index in [2.05, 4.69) is 24.5 Å². The van der Waals surface area contributed by atoms with Gasteiger partial charge in [0.2, 0.25) is 5.91 Å². The van der Waals surface area contributed by atoms with Gasteiger partial charge in [0.05, 0.1) is 6.04 Å². The Morgan fingerprint density at radius 2 is 2.29 bits per heavy atom. The van der Waals surface area contributed by atoms with Gasteiger partial charge in [-0.2, -0.15) is 11.8 Å². The van der Waals surface area contributed by atoms with Crippen LogP contribution in [0.3, 0.4) is 0 Å². The van der Waals surface area contributed by atoms with Gasteiger partial charge in [-0.25, -0.2) is 0 Å². The van der Waals surface area contributed by atoms with Crippen molar-refractivity contribution in [3.8, 4) is 0 Å². The smallest absolute Gasteiger partial charge is 0.238 e. The average Bonchev–Trinajstić information content (AvgIpc) is 2.75. The first kappa shape index (κ1) is 10.3. The van der Waals surface area contributed by atoms with Crippen LogP contribution in [0.25, 0.3) is 0 Å². The van der Waals surface area contributed by atoms with E-state index < -0.39 is 0 Å². The number of rotatable bonds is 2. The topological polar surface area (TPSA) is 41.1 Å². The molecule has 1 aliphatic heterocycles. The first-order chi connectivity index (χ1) is 6.59. The standard InChI is InChI=1S/C10H18N2OS/c1-10(2)5-8(10)12-9(13)7-6-14-4-3-11-7/h7-8,11H,3-6H2,1-2H3,(H,12,13). The van der Waals surface area contributed by atoms with Crippen LogP contribution in [-0.2, 0) is 4.79 Å². The molecule has 0 aromatic heterocycles. The summed E-state index contributed by atoms with van der Waals surface area (Å²) in [6.07, 6.45) is 1.12. The zero-order valence-electron chi connectivity index (χ0n) is 8.80. The molecular weight excluding hydrogens is 196 g/mol. The van der Waals surface area contributed by atoms with Crippen LogP contribution in [0.1, 0.15) is 20.3 Å². The van der Waals surface area contributed by atoms with Gasteiger partial charge in [0.25, 0.3) is 0 Å². The fourth-order valence-corrected chi connectivity index (χ4v) is 2.65. The molecule has 1 amide bonds. The van der Waals surface area contributed by atoms with Crippen molar-refractivity contribution in [2.24, 2.45) is 5.41 Å². The third-order valence-electron chi connectivity index (χ3n) is 3.07. The van der Waals surface area contributed by atoms with Gasteiger partial charge in [0, 0.05) is 24.1 Å². The fourth-order valence-electron chi connectivity index (χ4n) is 1.72. The normalized spacial score (nSPS) is 35.0. The quantitative estimate of drug-likeness (QED) is 0.707. The Hall–Kier alpha value is -0.220. The minimum atomic E-state index is 0.0325.